The van der Waals surface area contributed by atoms with E-state index in [1.807, 2.05) is 0 Å². The molecule has 4 heteroatoms. The highest BCUT2D eigenvalue weighted by molar-refractivity contribution is 5.15. The Morgan fingerprint density at radius 2 is 0.622 bits per heavy atom. The lowest BCUT2D eigenvalue weighted by Crippen LogP contribution is -2.18. The van der Waals surface area contributed by atoms with Gasteiger partial charge in [0, 0.05) is 0 Å². The zero-order valence-electron chi connectivity index (χ0n) is 72.9. The fraction of sp³-hybridized carbons (Fsp3) is 0.930. The molecule has 0 aliphatic rings. The molecule has 1 atom stereocenters. The van der Waals surface area contributed by atoms with E-state index < -0.39 is 0 Å². The molecule has 0 radical (unpaired) electrons. The second kappa shape index (κ2) is 58.2. The summed E-state index contributed by atoms with van der Waals surface area (Å²) in [4.78, 5) is 0. The van der Waals surface area contributed by atoms with Gasteiger partial charge in [-0.3, -0.25) is 0 Å². The normalized spacial score (nSPS) is 12.4. The lowest BCUT2D eigenvalue weighted by Gasteiger charge is -2.25. The Hall–Kier alpha value is -0.940. The first-order valence-corrected chi connectivity index (χ1v) is 37.2. The van der Waals surface area contributed by atoms with Crippen LogP contribution in [0.4, 0.5) is 0 Å². The molecule has 90 heavy (non-hydrogen) atoms. The van der Waals surface area contributed by atoms with E-state index in [4.69, 9.17) is 22.9 Å². The van der Waals surface area contributed by atoms with Crippen LogP contribution in [0.1, 0.15) is 414 Å². The van der Waals surface area contributed by atoms with Crippen LogP contribution in [0.2, 0.25) is 0 Å². The molecule has 4 nitrogen and oxygen atoms in total. The Balaban J connectivity index is -0.0000000845. The molecule has 1 rings (SSSR count). The van der Waals surface area contributed by atoms with Crippen molar-refractivity contribution in [1.82, 2.24) is 0 Å². The van der Waals surface area contributed by atoms with E-state index in [1.165, 1.54) is 82.6 Å². The maximum atomic E-state index is 5.36. The van der Waals surface area contributed by atoms with E-state index >= 15 is 0 Å². The van der Waals surface area contributed by atoms with Gasteiger partial charge in [0.05, 0.1) is 0 Å². The average molecular weight is 1280 g/mol. The predicted octanol–water partition coefficient (Wildman–Crippen LogP) is 29.0. The number of hydrogen-bond donors (Lipinski definition) is 4. The molecule has 8 N–H and O–H groups in total. The van der Waals surface area contributed by atoms with Gasteiger partial charge in [-0.05, 0) is 172 Å². The van der Waals surface area contributed by atoms with Crippen molar-refractivity contribution in [3.8, 4) is 0 Å². The van der Waals surface area contributed by atoms with Crippen molar-refractivity contribution < 1.29 is 0 Å². The van der Waals surface area contributed by atoms with Crippen LogP contribution >= 0.6 is 0 Å². The van der Waals surface area contributed by atoms with Gasteiger partial charge in [0.25, 0.3) is 0 Å². The molecule has 556 valence electrons. The standard InChI is InChI=1S/C11H16.C8H19N.3C8H18.C7H17N.2C7H16.C6H15N.C6H14.C5H13N.C5H12/c1-11(2,3)9-10-7-5-4-6-8-10;1-8(2,3)6-4-5-7-9;1-7(2)6-8(3,4)5;1-6-7(2)8(3,4)5;1-5-6-7-8(2,3)4;1-7(2,3)5-4-6-8;1-6(2)7(3,4)5;1-5-6-7(2,3)4;1-6(2,3)4-5-7;1-5-6(2,3)4;1-5(2,3)4-6;1-5(2,3)4/h4-8H,9H2,1-3H3;4-7,9H2,1-3H3;2*7H,6H2,1-5H3;5-7H2,1-4H3;4-6,8H2,1-3H3;6H,1-5H3;5-6H2,1-4H3;4-5,7H2,1-3H3;5H2,1-4H3;4,6H2,1-3H3;1-4H3. The molecule has 0 aliphatic carbocycles. The van der Waals surface area contributed by atoms with E-state index in [-0.39, 0.29) is 0 Å². The van der Waals surface area contributed by atoms with Gasteiger partial charge in [-0.2, -0.15) is 0 Å². The molecule has 1 aromatic carbocycles. The van der Waals surface area contributed by atoms with Crippen LogP contribution in [0.25, 0.3) is 0 Å². The van der Waals surface area contributed by atoms with Crippen molar-refractivity contribution in [1.29, 1.82) is 0 Å². The van der Waals surface area contributed by atoms with Gasteiger partial charge >= 0.3 is 0 Å². The summed E-state index contributed by atoms with van der Waals surface area (Å²) in [6.45, 7) is 106. The topological polar surface area (TPSA) is 104 Å². The monoisotopic (exact) mass is 1280 g/mol. The van der Waals surface area contributed by atoms with Crippen LogP contribution in [-0.4, -0.2) is 26.2 Å². The van der Waals surface area contributed by atoms with Crippen LogP contribution in [0.5, 0.6) is 0 Å². The summed E-state index contributed by atoms with van der Waals surface area (Å²) in [6, 6.07) is 10.6. The van der Waals surface area contributed by atoms with Crippen molar-refractivity contribution in [2.45, 2.75) is 415 Å². The van der Waals surface area contributed by atoms with Crippen LogP contribution in [0.15, 0.2) is 30.3 Å². The molecule has 0 heterocycles. The minimum Gasteiger partial charge on any atom is -0.330 e. The van der Waals surface area contributed by atoms with Crippen LogP contribution < -0.4 is 22.9 Å². The van der Waals surface area contributed by atoms with Crippen molar-refractivity contribution in [2.24, 2.45) is 106 Å². The third-order valence-electron chi connectivity index (χ3n) is 13.8. The average Bonchev–Trinajstić information content (AvgIpc) is 3.28. The lowest BCUT2D eigenvalue weighted by molar-refractivity contribution is 0.254. The molecule has 0 bridgehead atoms. The molecule has 1 aromatic rings. The minimum absolute atomic E-state index is 0.319. The second-order valence-electron chi connectivity index (χ2n) is 41.6. The van der Waals surface area contributed by atoms with Gasteiger partial charge in [0.2, 0.25) is 0 Å². The number of unbranched alkanes of at least 4 members (excludes halogenated alkanes) is 2. The summed E-state index contributed by atoms with van der Waals surface area (Å²) in [5.41, 5.74) is 28.5. The zero-order chi connectivity index (χ0) is 75.3. The maximum Gasteiger partial charge on any atom is -0.00285 e. The maximum absolute atomic E-state index is 5.36. The van der Waals surface area contributed by atoms with Crippen molar-refractivity contribution in [3.05, 3.63) is 35.9 Å². The van der Waals surface area contributed by atoms with Gasteiger partial charge in [-0.1, -0.05) is 387 Å². The molecule has 0 aromatic heterocycles. The number of rotatable bonds is 12. The molecule has 0 amide bonds. The summed E-state index contributed by atoms with van der Waals surface area (Å²) in [5.74, 6) is 2.49. The molecular weight excluding hydrogens is 1090 g/mol. The highest BCUT2D eigenvalue weighted by Crippen LogP contribution is 2.28. The summed E-state index contributed by atoms with van der Waals surface area (Å²) in [6.07, 6.45) is 19.0. The molecule has 0 saturated carbocycles. The van der Waals surface area contributed by atoms with Gasteiger partial charge < -0.3 is 22.9 Å². The Morgan fingerprint density at radius 1 is 0.322 bits per heavy atom. The summed E-state index contributed by atoms with van der Waals surface area (Å²) in [7, 11) is 0. The molecule has 0 saturated heterocycles. The van der Waals surface area contributed by atoms with E-state index in [2.05, 4.69) is 349 Å². The third kappa shape index (κ3) is 173. The van der Waals surface area contributed by atoms with E-state index in [0.29, 0.717) is 65.0 Å². The SMILES string of the molecule is CC(C)(C)C.CC(C)(C)CCCCN.CC(C)(C)CCCN.CC(C)(C)CCN.CC(C)(C)CN.CC(C)(C)Cc1ccccc1.CC(C)C(C)(C)C.CC(C)CC(C)(C)C.CCC(C)(C)C.CCC(C)C(C)(C)C.CCCC(C)(C)C.CCCCC(C)(C)C. The quantitative estimate of drug-likeness (QED) is 0.157. The molecule has 0 aliphatic heterocycles. The zero-order valence-corrected chi connectivity index (χ0v) is 72.9. The summed E-state index contributed by atoms with van der Waals surface area (Å²) >= 11 is 0. The van der Waals surface area contributed by atoms with Crippen molar-refractivity contribution >= 4 is 0 Å². The Morgan fingerprint density at radius 3 is 0.733 bits per heavy atom. The van der Waals surface area contributed by atoms with Crippen LogP contribution in [0.3, 0.4) is 0 Å². The Bertz CT molecular complexity index is 1460. The van der Waals surface area contributed by atoms with Crippen molar-refractivity contribution in [3.63, 3.8) is 0 Å². The predicted molar refractivity (Wildman–Crippen MR) is 432 cm³/mol. The van der Waals surface area contributed by atoms with Gasteiger partial charge in [0.15, 0.2) is 0 Å². The number of nitrogens with two attached hydrogens (primary N) is 4. The first-order chi connectivity index (χ1) is 39.3. The summed E-state index contributed by atoms with van der Waals surface area (Å²) in [5, 5.41) is 0. The van der Waals surface area contributed by atoms with Gasteiger partial charge in [0.1, 0.15) is 0 Å². The Kier molecular flexibility index (Phi) is 73.3. The van der Waals surface area contributed by atoms with E-state index in [9.17, 15) is 0 Å². The first kappa shape index (κ1) is 113. The summed E-state index contributed by atoms with van der Waals surface area (Å²) < 4.78 is 0. The second-order valence-corrected chi connectivity index (χ2v) is 41.6. The van der Waals surface area contributed by atoms with Crippen LogP contribution in [-0.2, 0) is 6.42 Å². The smallest absolute Gasteiger partial charge is 0.00285 e. The number of benzene rings is 1. The molecular formula is C86H192N4. The largest absolute Gasteiger partial charge is 0.330 e. The van der Waals surface area contributed by atoms with Crippen LogP contribution in [0, 0.1) is 82.7 Å². The highest BCUT2D eigenvalue weighted by Gasteiger charge is 2.18. The fourth-order valence-corrected chi connectivity index (χ4v) is 6.37. The molecule has 0 fully saturated rings. The molecule has 1 unspecified atom stereocenters. The lowest BCUT2D eigenvalue weighted by atomic mass is 9.81. The fourth-order valence-electron chi connectivity index (χ4n) is 6.37. The van der Waals surface area contributed by atoms with Crippen molar-refractivity contribution in [2.75, 3.05) is 26.2 Å². The molecule has 0 spiro atoms. The number of hydrogen-bond acceptors (Lipinski definition) is 4. The first-order valence-electron chi connectivity index (χ1n) is 37.2. The minimum atomic E-state index is 0.319. The third-order valence-corrected chi connectivity index (χ3v) is 13.8. The van der Waals surface area contributed by atoms with Gasteiger partial charge in [-0.25, -0.2) is 0 Å². The van der Waals surface area contributed by atoms with E-state index in [1.54, 1.807) is 0 Å². The Labute approximate surface area is 579 Å². The van der Waals surface area contributed by atoms with Gasteiger partial charge in [-0.15, -0.1) is 0 Å². The van der Waals surface area contributed by atoms with E-state index in [0.717, 1.165) is 63.2 Å². The highest BCUT2D eigenvalue weighted by atomic mass is 14.6.